The molecule has 15 heteroatoms. The van der Waals surface area contributed by atoms with Crippen molar-refractivity contribution in [2.45, 2.75) is 76.8 Å². The highest BCUT2D eigenvalue weighted by Crippen LogP contribution is 2.38. The van der Waals surface area contributed by atoms with E-state index in [4.69, 9.17) is 9.47 Å². The second kappa shape index (κ2) is 18.9. The van der Waals surface area contributed by atoms with Crippen molar-refractivity contribution in [3.05, 3.63) is 82.0 Å². The molecule has 0 bridgehead atoms. The molecule has 1 atom stereocenters. The van der Waals surface area contributed by atoms with Gasteiger partial charge >= 0.3 is 0 Å². The number of piperidine rings is 2. The lowest BCUT2D eigenvalue weighted by atomic mass is 9.94. The summed E-state index contributed by atoms with van der Waals surface area (Å²) in [5.41, 5.74) is 3.69. The number of carbonyl (C=O) groups excluding carboxylic acids is 5. The van der Waals surface area contributed by atoms with Gasteiger partial charge in [0, 0.05) is 68.9 Å². The summed E-state index contributed by atoms with van der Waals surface area (Å²) in [4.78, 5) is 83.7. The number of nitrogens with one attached hydrogen (secondary N) is 3. The largest absolute Gasteiger partial charge is 0.496 e. The number of methoxy groups -OCH3 is 2. The quantitative estimate of drug-likeness (QED) is 0.0984. The molecule has 7 rings (SSSR count). The lowest BCUT2D eigenvalue weighted by Crippen LogP contribution is -2.54. The Hall–Kier alpha value is -6.09. The lowest BCUT2D eigenvalue weighted by molar-refractivity contribution is -0.136. The zero-order valence-electron chi connectivity index (χ0n) is 34.5. The Bertz CT molecular complexity index is 2330. The molecule has 1 unspecified atom stereocenters. The molecule has 60 heavy (non-hydrogen) atoms. The van der Waals surface area contributed by atoms with E-state index in [1.807, 2.05) is 24.4 Å². The molecule has 0 radical (unpaired) electrons. The Morgan fingerprint density at radius 1 is 0.850 bits per heavy atom. The lowest BCUT2D eigenvalue weighted by Gasteiger charge is -2.32. The van der Waals surface area contributed by atoms with Crippen LogP contribution >= 0.6 is 0 Å². The highest BCUT2D eigenvalue weighted by Gasteiger charge is 2.45. The number of hydrogen-bond donors (Lipinski definition) is 3. The van der Waals surface area contributed by atoms with E-state index >= 15 is 0 Å². The number of amides is 5. The number of imide groups is 2. The Kier molecular flexibility index (Phi) is 13.2. The van der Waals surface area contributed by atoms with Gasteiger partial charge in [-0.05, 0) is 86.5 Å². The minimum Gasteiger partial charge on any atom is -0.496 e. The second-order valence-electron chi connectivity index (χ2n) is 15.8. The van der Waals surface area contributed by atoms with Crippen molar-refractivity contribution in [1.29, 1.82) is 0 Å². The summed E-state index contributed by atoms with van der Waals surface area (Å²) < 4.78 is 13.3. The molecular formula is C45H53N7O8. The van der Waals surface area contributed by atoms with Crippen LogP contribution in [0, 0.1) is 5.92 Å². The number of pyridine rings is 2. The third-order valence-electron chi connectivity index (χ3n) is 11.9. The third-order valence-corrected chi connectivity index (χ3v) is 11.9. The smallest absolute Gasteiger partial charge is 0.264 e. The number of nitrogens with zero attached hydrogens (tertiary/aromatic N) is 4. The van der Waals surface area contributed by atoms with Crippen molar-refractivity contribution in [2.24, 2.45) is 13.0 Å². The summed E-state index contributed by atoms with van der Waals surface area (Å²) >= 11 is 0. The summed E-state index contributed by atoms with van der Waals surface area (Å²) in [5.74, 6) is -0.559. The maximum Gasteiger partial charge on any atom is 0.264 e. The van der Waals surface area contributed by atoms with Gasteiger partial charge in [0.2, 0.25) is 17.7 Å². The number of carbonyl (C=O) groups is 5. The first kappa shape index (κ1) is 42.0. The fourth-order valence-electron chi connectivity index (χ4n) is 8.61. The molecular weight excluding hydrogens is 767 g/mol. The van der Waals surface area contributed by atoms with Gasteiger partial charge in [-0.3, -0.25) is 48.9 Å². The van der Waals surface area contributed by atoms with Gasteiger partial charge in [0.05, 0.1) is 36.3 Å². The Morgan fingerprint density at radius 2 is 1.55 bits per heavy atom. The number of rotatable bonds is 17. The predicted molar refractivity (Wildman–Crippen MR) is 226 cm³/mol. The molecule has 3 aliphatic rings. The molecule has 0 spiro atoms. The first-order chi connectivity index (χ1) is 29.1. The first-order valence-corrected chi connectivity index (χ1v) is 20.9. The number of ether oxygens (including phenoxy) is 2. The van der Waals surface area contributed by atoms with Crippen LogP contribution < -0.4 is 31.0 Å². The first-order valence-electron chi connectivity index (χ1n) is 20.9. The van der Waals surface area contributed by atoms with E-state index in [0.717, 1.165) is 91.4 Å². The summed E-state index contributed by atoms with van der Waals surface area (Å²) in [6, 6.07) is 9.92. The number of fused-ring (bicyclic) bond motifs is 2. The van der Waals surface area contributed by atoms with Gasteiger partial charge in [0.1, 0.15) is 17.5 Å². The maximum atomic E-state index is 13.3. The summed E-state index contributed by atoms with van der Waals surface area (Å²) in [6.07, 6.45) is 12.8. The minimum absolute atomic E-state index is 0.0211. The predicted octanol–water partition coefficient (Wildman–Crippen LogP) is 4.80. The second-order valence-corrected chi connectivity index (χ2v) is 15.8. The number of aromatic nitrogens is 2. The van der Waals surface area contributed by atoms with Crippen molar-refractivity contribution in [3.8, 4) is 22.6 Å². The zero-order valence-corrected chi connectivity index (χ0v) is 34.5. The average molecular weight is 820 g/mol. The van der Waals surface area contributed by atoms with E-state index in [-0.39, 0.29) is 41.4 Å². The van der Waals surface area contributed by atoms with E-state index in [1.54, 1.807) is 56.4 Å². The van der Waals surface area contributed by atoms with E-state index < -0.39 is 29.7 Å². The zero-order chi connectivity index (χ0) is 42.3. The topological polar surface area (TPSA) is 181 Å². The number of aryl methyl sites for hydroxylation is 1. The van der Waals surface area contributed by atoms with Gasteiger partial charge in [-0.1, -0.05) is 31.7 Å². The highest BCUT2D eigenvalue weighted by molar-refractivity contribution is 6.25. The van der Waals surface area contributed by atoms with Crippen LogP contribution in [0.4, 0.5) is 5.69 Å². The standard InChI is InChI=1S/C45H53N7O8/c1-50-26-33(30-15-20-46-25-32(30)43(50)56)29-23-37(59-2)34(38(24-29)60-3)27-51-21-16-28(17-22-51)41(54)48-19-9-7-5-4-6-8-18-47-35-12-10-11-31-40(35)45(58)52(44(31)57)36-13-14-39(53)49-42(36)55/h10-12,15,20,23-26,28,36,47H,4-9,13-14,16-19,21-22,27H2,1-3H3,(H,48,54)(H,49,53,55). The molecule has 5 heterocycles. The minimum atomic E-state index is -0.991. The molecule has 15 nitrogen and oxygen atoms in total. The van der Waals surface area contributed by atoms with Crippen molar-refractivity contribution in [3.63, 3.8) is 0 Å². The number of hydrogen-bond acceptors (Lipinski definition) is 11. The van der Waals surface area contributed by atoms with E-state index in [9.17, 15) is 28.8 Å². The Labute approximate surface area is 348 Å². The fourth-order valence-corrected chi connectivity index (χ4v) is 8.61. The van der Waals surface area contributed by atoms with E-state index in [2.05, 4.69) is 25.8 Å². The van der Waals surface area contributed by atoms with Crippen LogP contribution in [0.15, 0.2) is 59.8 Å². The molecule has 2 aromatic carbocycles. The van der Waals surface area contributed by atoms with Crippen LogP contribution in [-0.2, 0) is 28.0 Å². The number of likely N-dealkylation sites (tertiary alicyclic amines) is 1. The van der Waals surface area contributed by atoms with Crippen LogP contribution in [0.1, 0.15) is 90.5 Å². The Morgan fingerprint density at radius 3 is 2.25 bits per heavy atom. The van der Waals surface area contributed by atoms with Crippen LogP contribution in [0.2, 0.25) is 0 Å². The van der Waals surface area contributed by atoms with Crippen LogP contribution in [0.3, 0.4) is 0 Å². The molecule has 4 aromatic rings. The van der Waals surface area contributed by atoms with Crippen LogP contribution in [0.25, 0.3) is 21.9 Å². The van der Waals surface area contributed by atoms with Crippen molar-refractivity contribution >= 4 is 46.0 Å². The van der Waals surface area contributed by atoms with E-state index in [0.29, 0.717) is 42.2 Å². The third kappa shape index (κ3) is 8.91. The molecule has 3 N–H and O–H groups in total. The SMILES string of the molecule is COc1cc(-c2cn(C)c(=O)c3cnccc23)cc(OC)c1CN1CCC(C(=O)NCCCCCCCCNc2cccc3c2C(=O)N(C2CCC(=O)NC2=O)C3=O)CC1. The van der Waals surface area contributed by atoms with Gasteiger partial charge in [-0.25, -0.2) is 0 Å². The summed E-state index contributed by atoms with van der Waals surface area (Å²) in [5, 5.41) is 10.0. The Balaban J connectivity index is 0.799. The molecule has 5 amide bonds. The number of anilines is 1. The van der Waals surface area contributed by atoms with Crippen molar-refractivity contribution in [1.82, 2.24) is 30.0 Å². The molecule has 0 saturated carbocycles. The molecule has 316 valence electrons. The average Bonchev–Trinajstić information content (AvgIpc) is 3.51. The maximum absolute atomic E-state index is 13.3. The van der Waals surface area contributed by atoms with Crippen LogP contribution in [-0.4, -0.2) is 95.3 Å². The summed E-state index contributed by atoms with van der Waals surface area (Å²) in [7, 11) is 5.03. The normalized spacial score (nSPS) is 17.2. The van der Waals surface area contributed by atoms with Gasteiger partial charge in [-0.15, -0.1) is 0 Å². The number of benzene rings is 2. The summed E-state index contributed by atoms with van der Waals surface area (Å²) in [6.45, 7) is 3.47. The van der Waals surface area contributed by atoms with Crippen LogP contribution in [0.5, 0.6) is 11.5 Å². The van der Waals surface area contributed by atoms with Gasteiger partial charge in [0.15, 0.2) is 0 Å². The molecule has 2 saturated heterocycles. The molecule has 2 aromatic heterocycles. The molecule has 2 fully saturated rings. The van der Waals surface area contributed by atoms with Gasteiger partial charge in [0.25, 0.3) is 17.4 Å². The monoisotopic (exact) mass is 819 g/mol. The van der Waals surface area contributed by atoms with Gasteiger partial charge in [-0.2, -0.15) is 0 Å². The van der Waals surface area contributed by atoms with Crippen molar-refractivity contribution in [2.75, 3.05) is 45.7 Å². The molecule has 0 aliphatic carbocycles. The van der Waals surface area contributed by atoms with E-state index in [1.165, 1.54) is 0 Å². The fraction of sp³-hybridized carbons (Fsp3) is 0.444. The van der Waals surface area contributed by atoms with Gasteiger partial charge < -0.3 is 24.7 Å². The molecule has 3 aliphatic heterocycles. The van der Waals surface area contributed by atoms with Crippen molar-refractivity contribution < 1.29 is 33.4 Å². The highest BCUT2D eigenvalue weighted by atomic mass is 16.5. The number of unbranched alkanes of at least 4 members (excludes halogenated alkanes) is 5.